The number of nitrogens with two attached hydrogens (primary N) is 1. The lowest BCUT2D eigenvalue weighted by Crippen LogP contribution is -2.12. The molecule has 0 radical (unpaired) electrons. The number of hydrogen-bond acceptors (Lipinski definition) is 3. The molecule has 0 fully saturated rings. The Morgan fingerprint density at radius 3 is 3.00 bits per heavy atom. The first-order chi connectivity index (χ1) is 6.72. The second-order valence-electron chi connectivity index (χ2n) is 3.67. The summed E-state index contributed by atoms with van der Waals surface area (Å²) < 4.78 is 0. The highest BCUT2D eigenvalue weighted by Crippen LogP contribution is 2.12. The zero-order valence-corrected chi connectivity index (χ0v) is 9.35. The van der Waals surface area contributed by atoms with E-state index in [-0.39, 0.29) is 0 Å². The van der Waals surface area contributed by atoms with Crippen LogP contribution in [0.4, 0.5) is 0 Å². The van der Waals surface area contributed by atoms with Crippen LogP contribution in [0.25, 0.3) is 0 Å². The highest BCUT2D eigenvalue weighted by molar-refractivity contribution is 7.10. The van der Waals surface area contributed by atoms with Crippen LogP contribution in [0.15, 0.2) is 17.5 Å². The van der Waals surface area contributed by atoms with Crippen LogP contribution >= 0.6 is 11.3 Å². The van der Waals surface area contributed by atoms with Crippen molar-refractivity contribution in [3.63, 3.8) is 0 Å². The monoisotopic (exact) mass is 211 g/mol. The molecule has 2 N–H and O–H groups in total. The molecule has 0 saturated heterocycles. The smallest absolute Gasteiger partial charge is 0.138 e. The number of carbonyl (C=O) groups is 1. The van der Waals surface area contributed by atoms with Crippen LogP contribution in [-0.4, -0.2) is 12.3 Å². The third-order valence-electron chi connectivity index (χ3n) is 2.27. The molecule has 14 heavy (non-hydrogen) atoms. The topological polar surface area (TPSA) is 43.1 Å². The van der Waals surface area contributed by atoms with Crippen molar-refractivity contribution in [2.75, 3.05) is 6.54 Å². The maximum absolute atomic E-state index is 11.5. The number of carbonyl (C=O) groups excluding carboxylic acids is 1. The lowest BCUT2D eigenvalue weighted by atomic mass is 10.0. The highest BCUT2D eigenvalue weighted by atomic mass is 32.1. The van der Waals surface area contributed by atoms with Gasteiger partial charge in [-0.2, -0.15) is 0 Å². The second kappa shape index (κ2) is 5.94. The number of Topliss-reactive ketones (excluding diaryl/α,β-unsaturated/α-hetero) is 1. The summed E-state index contributed by atoms with van der Waals surface area (Å²) in [7, 11) is 0. The Labute approximate surface area is 89.1 Å². The van der Waals surface area contributed by atoms with Crippen LogP contribution < -0.4 is 5.73 Å². The van der Waals surface area contributed by atoms with Crippen molar-refractivity contribution in [1.82, 2.24) is 0 Å². The molecule has 1 unspecified atom stereocenters. The van der Waals surface area contributed by atoms with Gasteiger partial charge in [-0.25, -0.2) is 0 Å². The average Bonchev–Trinajstić information content (AvgIpc) is 2.66. The molecule has 0 spiro atoms. The van der Waals surface area contributed by atoms with E-state index in [2.05, 4.69) is 6.92 Å². The Balaban J connectivity index is 2.23. The fourth-order valence-corrected chi connectivity index (χ4v) is 1.95. The van der Waals surface area contributed by atoms with Crippen LogP contribution in [0, 0.1) is 5.92 Å². The minimum absolute atomic E-state index is 0.327. The zero-order chi connectivity index (χ0) is 10.4. The Morgan fingerprint density at radius 1 is 1.64 bits per heavy atom. The SMILES string of the molecule is CC(CN)CCC(=O)Cc1cccs1. The molecule has 78 valence electrons. The summed E-state index contributed by atoms with van der Waals surface area (Å²) in [4.78, 5) is 12.7. The highest BCUT2D eigenvalue weighted by Gasteiger charge is 2.06. The Hall–Kier alpha value is -0.670. The molecular formula is C11H17NOS. The second-order valence-corrected chi connectivity index (χ2v) is 4.71. The molecule has 0 aliphatic rings. The normalized spacial score (nSPS) is 12.7. The van der Waals surface area contributed by atoms with Gasteiger partial charge in [0.15, 0.2) is 0 Å². The third kappa shape index (κ3) is 4.03. The van der Waals surface area contributed by atoms with E-state index in [0.717, 1.165) is 11.3 Å². The molecule has 0 aliphatic carbocycles. The van der Waals surface area contributed by atoms with Crippen molar-refractivity contribution in [3.8, 4) is 0 Å². The van der Waals surface area contributed by atoms with Crippen molar-refractivity contribution in [2.45, 2.75) is 26.2 Å². The summed E-state index contributed by atoms with van der Waals surface area (Å²) >= 11 is 1.65. The van der Waals surface area contributed by atoms with Gasteiger partial charge in [-0.3, -0.25) is 4.79 Å². The van der Waals surface area contributed by atoms with Gasteiger partial charge in [-0.1, -0.05) is 13.0 Å². The minimum Gasteiger partial charge on any atom is -0.330 e. The van der Waals surface area contributed by atoms with Gasteiger partial charge in [-0.15, -0.1) is 11.3 Å². The van der Waals surface area contributed by atoms with Crippen LogP contribution in [0.1, 0.15) is 24.6 Å². The molecule has 1 aromatic rings. The molecule has 0 bridgehead atoms. The lowest BCUT2D eigenvalue weighted by molar-refractivity contribution is -0.118. The van der Waals surface area contributed by atoms with Crippen molar-refractivity contribution in [2.24, 2.45) is 11.7 Å². The number of thiophene rings is 1. The predicted octanol–water partition coefficient (Wildman–Crippen LogP) is 2.23. The summed E-state index contributed by atoms with van der Waals surface area (Å²) in [5, 5.41) is 2.01. The minimum atomic E-state index is 0.327. The van der Waals surface area contributed by atoms with E-state index in [4.69, 9.17) is 5.73 Å². The van der Waals surface area contributed by atoms with Crippen LogP contribution in [0.5, 0.6) is 0 Å². The van der Waals surface area contributed by atoms with Crippen LogP contribution in [-0.2, 0) is 11.2 Å². The van der Waals surface area contributed by atoms with Crippen molar-refractivity contribution in [3.05, 3.63) is 22.4 Å². The molecule has 3 heteroatoms. The molecule has 0 aromatic carbocycles. The summed E-state index contributed by atoms with van der Waals surface area (Å²) in [6.07, 6.45) is 2.17. The van der Waals surface area contributed by atoms with Crippen molar-refractivity contribution < 1.29 is 4.79 Å². The van der Waals surface area contributed by atoms with Gasteiger partial charge in [0.2, 0.25) is 0 Å². The molecule has 1 rings (SSSR count). The standard InChI is InChI=1S/C11H17NOS/c1-9(8-12)4-5-10(13)7-11-3-2-6-14-11/h2-3,6,9H,4-5,7-8,12H2,1H3. The molecule has 0 aliphatic heterocycles. The van der Waals surface area contributed by atoms with E-state index >= 15 is 0 Å². The summed E-state index contributed by atoms with van der Waals surface area (Å²) in [6, 6.07) is 3.99. The maximum atomic E-state index is 11.5. The van der Waals surface area contributed by atoms with Crippen molar-refractivity contribution >= 4 is 17.1 Å². The van der Waals surface area contributed by atoms with Gasteiger partial charge < -0.3 is 5.73 Å². The molecular weight excluding hydrogens is 194 g/mol. The molecule has 1 aromatic heterocycles. The first kappa shape index (κ1) is 11.4. The van der Waals surface area contributed by atoms with Crippen LogP contribution in [0.3, 0.4) is 0 Å². The summed E-state index contributed by atoms with van der Waals surface area (Å²) in [5.74, 6) is 0.787. The number of ketones is 1. The average molecular weight is 211 g/mol. The van der Waals surface area contributed by atoms with E-state index in [1.165, 1.54) is 0 Å². The van der Waals surface area contributed by atoms with Gasteiger partial charge in [0.25, 0.3) is 0 Å². The number of hydrogen-bond donors (Lipinski definition) is 1. The largest absolute Gasteiger partial charge is 0.330 e. The van der Waals surface area contributed by atoms with Crippen LogP contribution in [0.2, 0.25) is 0 Å². The van der Waals surface area contributed by atoms with Crippen molar-refractivity contribution in [1.29, 1.82) is 0 Å². The fraction of sp³-hybridized carbons (Fsp3) is 0.545. The maximum Gasteiger partial charge on any atom is 0.138 e. The predicted molar refractivity (Wildman–Crippen MR) is 60.5 cm³/mol. The van der Waals surface area contributed by atoms with Gasteiger partial charge >= 0.3 is 0 Å². The van der Waals surface area contributed by atoms with E-state index in [1.54, 1.807) is 11.3 Å². The van der Waals surface area contributed by atoms with Gasteiger partial charge in [0.05, 0.1) is 0 Å². The fourth-order valence-electron chi connectivity index (χ4n) is 1.22. The summed E-state index contributed by atoms with van der Waals surface area (Å²) in [6.45, 7) is 2.75. The van der Waals surface area contributed by atoms with E-state index < -0.39 is 0 Å². The van der Waals surface area contributed by atoms with Gasteiger partial charge in [0, 0.05) is 17.7 Å². The summed E-state index contributed by atoms with van der Waals surface area (Å²) in [5.41, 5.74) is 5.49. The first-order valence-corrected chi connectivity index (χ1v) is 5.84. The Bertz CT molecular complexity index is 269. The first-order valence-electron chi connectivity index (χ1n) is 4.96. The molecule has 2 nitrogen and oxygen atoms in total. The Morgan fingerprint density at radius 2 is 2.43 bits per heavy atom. The Kier molecular flexibility index (Phi) is 4.84. The number of rotatable bonds is 6. The zero-order valence-electron chi connectivity index (χ0n) is 8.53. The molecule has 1 atom stereocenters. The van der Waals surface area contributed by atoms with Gasteiger partial charge in [0.1, 0.15) is 5.78 Å². The third-order valence-corrected chi connectivity index (χ3v) is 3.15. The van der Waals surface area contributed by atoms with E-state index in [9.17, 15) is 4.79 Å². The molecule has 1 heterocycles. The van der Waals surface area contributed by atoms with Gasteiger partial charge in [-0.05, 0) is 30.3 Å². The van der Waals surface area contributed by atoms with E-state index in [1.807, 2.05) is 17.5 Å². The van der Waals surface area contributed by atoms with E-state index in [0.29, 0.717) is 31.1 Å². The molecule has 0 saturated carbocycles. The molecule has 0 amide bonds. The quantitative estimate of drug-likeness (QED) is 0.784. The lowest BCUT2D eigenvalue weighted by Gasteiger charge is -2.06.